The molecule has 1 aliphatic rings. The van der Waals surface area contributed by atoms with E-state index in [0.717, 1.165) is 0 Å². The van der Waals surface area contributed by atoms with Crippen molar-refractivity contribution in [2.24, 2.45) is 5.73 Å². The van der Waals surface area contributed by atoms with Crippen LogP contribution in [0.2, 0.25) is 0 Å². The molecule has 0 atom stereocenters. The zero-order valence-electron chi connectivity index (χ0n) is 10.4. The van der Waals surface area contributed by atoms with Crippen molar-refractivity contribution in [3.05, 3.63) is 24.0 Å². The lowest BCUT2D eigenvalue weighted by molar-refractivity contribution is -0.120. The largest absolute Gasteiger partial charge is 0.355 e. The first-order chi connectivity index (χ1) is 9.04. The van der Waals surface area contributed by atoms with E-state index in [9.17, 15) is 13.2 Å². The minimum absolute atomic E-state index is 0.0828. The molecule has 0 aliphatic carbocycles. The van der Waals surface area contributed by atoms with Crippen LogP contribution in [-0.4, -0.2) is 43.2 Å². The van der Waals surface area contributed by atoms with Gasteiger partial charge >= 0.3 is 0 Å². The van der Waals surface area contributed by atoms with Crippen LogP contribution in [0.3, 0.4) is 0 Å². The van der Waals surface area contributed by atoms with E-state index in [4.69, 9.17) is 5.73 Å². The lowest BCUT2D eigenvalue weighted by atomic mass is 10.4. The van der Waals surface area contributed by atoms with Crippen molar-refractivity contribution in [3.63, 3.8) is 0 Å². The Labute approximate surface area is 111 Å². The Kier molecular flexibility index (Phi) is 4.13. The molecule has 1 fully saturated rings. The van der Waals surface area contributed by atoms with Crippen molar-refractivity contribution in [2.45, 2.75) is 17.9 Å². The van der Waals surface area contributed by atoms with Gasteiger partial charge in [-0.05, 0) is 18.6 Å². The van der Waals surface area contributed by atoms with E-state index in [1.807, 2.05) is 0 Å². The molecule has 1 amide bonds. The number of nitrogens with two attached hydrogens (primary N) is 1. The van der Waals surface area contributed by atoms with Crippen LogP contribution in [0.15, 0.2) is 23.2 Å². The van der Waals surface area contributed by atoms with Crippen molar-refractivity contribution in [2.75, 3.05) is 19.6 Å². The first-order valence-corrected chi connectivity index (χ1v) is 7.40. The standard InChI is InChI=1S/C11H16N4O3S/c12-6-9-2-3-10(7-14-9)19(17,18)15-5-1-4-13-11(16)8-15/h2-3,7H,1,4-6,8,12H2,(H,13,16). The van der Waals surface area contributed by atoms with Gasteiger partial charge in [0.05, 0.1) is 12.2 Å². The van der Waals surface area contributed by atoms with Gasteiger partial charge in [-0.1, -0.05) is 0 Å². The van der Waals surface area contributed by atoms with Crippen LogP contribution in [0.25, 0.3) is 0 Å². The van der Waals surface area contributed by atoms with Gasteiger partial charge in [-0.25, -0.2) is 8.42 Å². The molecule has 7 nitrogen and oxygen atoms in total. The molecule has 104 valence electrons. The molecular weight excluding hydrogens is 268 g/mol. The minimum atomic E-state index is -3.67. The third-order valence-electron chi connectivity index (χ3n) is 2.87. The number of rotatable bonds is 3. The smallest absolute Gasteiger partial charge is 0.245 e. The molecule has 19 heavy (non-hydrogen) atoms. The normalized spacial score (nSPS) is 17.8. The van der Waals surface area contributed by atoms with E-state index in [2.05, 4.69) is 10.3 Å². The molecule has 0 radical (unpaired) electrons. The van der Waals surface area contributed by atoms with Crippen LogP contribution >= 0.6 is 0 Å². The average Bonchev–Trinajstić information content (AvgIpc) is 2.64. The molecule has 0 spiro atoms. The highest BCUT2D eigenvalue weighted by molar-refractivity contribution is 7.89. The Hall–Kier alpha value is -1.51. The van der Waals surface area contributed by atoms with Crippen molar-refractivity contribution in [1.82, 2.24) is 14.6 Å². The number of carbonyl (C=O) groups excluding carboxylic acids is 1. The monoisotopic (exact) mass is 284 g/mol. The van der Waals surface area contributed by atoms with E-state index in [0.29, 0.717) is 25.2 Å². The van der Waals surface area contributed by atoms with E-state index >= 15 is 0 Å². The zero-order valence-corrected chi connectivity index (χ0v) is 11.2. The summed E-state index contributed by atoms with van der Waals surface area (Å²) in [5.74, 6) is -0.285. The highest BCUT2D eigenvalue weighted by Gasteiger charge is 2.28. The molecule has 2 heterocycles. The van der Waals surface area contributed by atoms with Gasteiger partial charge in [0.1, 0.15) is 4.90 Å². The molecular formula is C11H16N4O3S. The van der Waals surface area contributed by atoms with Gasteiger partial charge in [0.2, 0.25) is 15.9 Å². The lowest BCUT2D eigenvalue weighted by Gasteiger charge is -2.18. The maximum absolute atomic E-state index is 12.4. The van der Waals surface area contributed by atoms with E-state index in [1.165, 1.54) is 16.6 Å². The van der Waals surface area contributed by atoms with Crippen molar-refractivity contribution in [3.8, 4) is 0 Å². The third kappa shape index (κ3) is 3.09. The summed E-state index contributed by atoms with van der Waals surface area (Å²) < 4.78 is 25.9. The quantitative estimate of drug-likeness (QED) is 0.744. The fourth-order valence-corrected chi connectivity index (χ4v) is 3.20. The summed E-state index contributed by atoms with van der Waals surface area (Å²) in [7, 11) is -3.67. The zero-order chi connectivity index (χ0) is 13.9. The first-order valence-electron chi connectivity index (χ1n) is 5.96. The second-order valence-corrected chi connectivity index (χ2v) is 6.17. The van der Waals surface area contributed by atoms with Gasteiger partial charge in [0.25, 0.3) is 0 Å². The molecule has 1 aliphatic heterocycles. The Morgan fingerprint density at radius 2 is 2.21 bits per heavy atom. The molecule has 8 heteroatoms. The highest BCUT2D eigenvalue weighted by Crippen LogP contribution is 2.16. The number of aromatic nitrogens is 1. The number of nitrogens with one attached hydrogen (secondary N) is 1. The van der Waals surface area contributed by atoms with Gasteiger partial charge in [-0.3, -0.25) is 9.78 Å². The maximum atomic E-state index is 12.4. The summed E-state index contributed by atoms with van der Waals surface area (Å²) in [6.45, 7) is 0.919. The fraction of sp³-hybridized carbons (Fsp3) is 0.455. The van der Waals surface area contributed by atoms with Crippen LogP contribution in [0.4, 0.5) is 0 Å². The Bertz CT molecular complexity index is 556. The van der Waals surface area contributed by atoms with Crippen LogP contribution in [0, 0.1) is 0 Å². The van der Waals surface area contributed by atoms with Gasteiger partial charge in [0.15, 0.2) is 0 Å². The molecule has 0 aromatic carbocycles. The van der Waals surface area contributed by atoms with Crippen LogP contribution in [0.1, 0.15) is 12.1 Å². The Balaban J connectivity index is 2.26. The summed E-state index contributed by atoms with van der Waals surface area (Å²) in [6.07, 6.45) is 1.87. The third-order valence-corrected chi connectivity index (χ3v) is 4.70. The number of pyridine rings is 1. The SMILES string of the molecule is NCc1ccc(S(=O)(=O)N2CCCNC(=O)C2)cn1. The molecule has 0 bridgehead atoms. The van der Waals surface area contributed by atoms with Crippen LogP contribution in [0.5, 0.6) is 0 Å². The second kappa shape index (κ2) is 5.64. The van der Waals surface area contributed by atoms with E-state index in [1.54, 1.807) is 6.07 Å². The molecule has 2 rings (SSSR count). The van der Waals surface area contributed by atoms with Gasteiger partial charge in [-0.15, -0.1) is 0 Å². The summed E-state index contributed by atoms with van der Waals surface area (Å²) in [5.41, 5.74) is 6.03. The van der Waals surface area contributed by atoms with Crippen molar-refractivity contribution >= 4 is 15.9 Å². The molecule has 1 aromatic rings. The van der Waals surface area contributed by atoms with E-state index < -0.39 is 10.0 Å². The number of hydrogen-bond donors (Lipinski definition) is 2. The molecule has 3 N–H and O–H groups in total. The van der Waals surface area contributed by atoms with Crippen molar-refractivity contribution < 1.29 is 13.2 Å². The number of amides is 1. The molecule has 1 aromatic heterocycles. The van der Waals surface area contributed by atoms with E-state index in [-0.39, 0.29) is 23.9 Å². The first kappa shape index (κ1) is 13.9. The Morgan fingerprint density at radius 3 is 2.84 bits per heavy atom. The Morgan fingerprint density at radius 1 is 1.42 bits per heavy atom. The summed E-state index contributed by atoms with van der Waals surface area (Å²) in [6, 6.07) is 3.04. The average molecular weight is 284 g/mol. The molecule has 1 saturated heterocycles. The van der Waals surface area contributed by atoms with Gasteiger partial charge < -0.3 is 11.1 Å². The summed E-state index contributed by atoms with van der Waals surface area (Å²) >= 11 is 0. The lowest BCUT2D eigenvalue weighted by Crippen LogP contribution is -2.37. The predicted octanol–water partition coefficient (Wildman–Crippen LogP) is -0.949. The number of hydrogen-bond acceptors (Lipinski definition) is 5. The second-order valence-electron chi connectivity index (χ2n) is 4.23. The summed E-state index contributed by atoms with van der Waals surface area (Å²) in [5, 5.41) is 2.64. The minimum Gasteiger partial charge on any atom is -0.355 e. The van der Waals surface area contributed by atoms with Gasteiger partial charge in [0, 0.05) is 25.8 Å². The highest BCUT2D eigenvalue weighted by atomic mass is 32.2. The van der Waals surface area contributed by atoms with Crippen LogP contribution < -0.4 is 11.1 Å². The molecule has 0 saturated carbocycles. The molecule has 0 unspecified atom stereocenters. The van der Waals surface area contributed by atoms with Crippen LogP contribution in [-0.2, 0) is 21.4 Å². The maximum Gasteiger partial charge on any atom is 0.245 e. The topological polar surface area (TPSA) is 105 Å². The predicted molar refractivity (Wildman–Crippen MR) is 68.5 cm³/mol. The number of carbonyl (C=O) groups is 1. The number of sulfonamides is 1. The summed E-state index contributed by atoms with van der Waals surface area (Å²) in [4.78, 5) is 15.5. The fourth-order valence-electron chi connectivity index (χ4n) is 1.82. The van der Waals surface area contributed by atoms with Crippen molar-refractivity contribution in [1.29, 1.82) is 0 Å². The number of nitrogens with zero attached hydrogens (tertiary/aromatic N) is 2. The van der Waals surface area contributed by atoms with Gasteiger partial charge in [-0.2, -0.15) is 4.31 Å².